The van der Waals surface area contributed by atoms with Gasteiger partial charge in [0.25, 0.3) is 5.91 Å². The van der Waals surface area contributed by atoms with Crippen LogP contribution in [0.4, 0.5) is 5.69 Å². The highest BCUT2D eigenvalue weighted by atomic mass is 16.3. The molecule has 0 bridgehead atoms. The number of aromatic hydroxyl groups is 1. The maximum absolute atomic E-state index is 12.1. The van der Waals surface area contributed by atoms with Crippen LogP contribution in [0.2, 0.25) is 0 Å². The van der Waals surface area contributed by atoms with Crippen molar-refractivity contribution in [2.24, 2.45) is 0 Å². The third kappa shape index (κ3) is 2.74. The Balaban J connectivity index is 2.08. The first kappa shape index (κ1) is 15.3. The summed E-state index contributed by atoms with van der Waals surface area (Å²) in [6.07, 6.45) is 2.16. The number of phenolic OH excluding ortho intramolecular Hbond substituents is 1. The number of benzene rings is 2. The molecule has 0 radical (unpaired) electrons. The Hall–Kier alpha value is -2.55. The lowest BCUT2D eigenvalue weighted by Crippen LogP contribution is -2.04. The van der Waals surface area contributed by atoms with Crippen LogP contribution in [0.3, 0.4) is 0 Å². The zero-order chi connectivity index (χ0) is 16.6. The summed E-state index contributed by atoms with van der Waals surface area (Å²) in [6.45, 7) is 6.01. The molecule has 1 heterocycles. The molecule has 0 atom stereocenters. The number of hydrogen-bond donors (Lipinski definition) is 2. The lowest BCUT2D eigenvalue weighted by molar-refractivity contribution is -0.110. The molecular weight excluding hydrogens is 286 g/mol. The Kier molecular flexibility index (Phi) is 3.95. The molecule has 3 rings (SSSR count). The van der Waals surface area contributed by atoms with Gasteiger partial charge in [0.1, 0.15) is 5.75 Å². The Morgan fingerprint density at radius 2 is 1.78 bits per heavy atom. The van der Waals surface area contributed by atoms with Gasteiger partial charge in [0, 0.05) is 22.8 Å². The number of allylic oxidation sites excluding steroid dienone is 1. The van der Waals surface area contributed by atoms with Gasteiger partial charge in [-0.25, -0.2) is 0 Å². The van der Waals surface area contributed by atoms with Crippen molar-refractivity contribution in [1.29, 1.82) is 0 Å². The van der Waals surface area contributed by atoms with Crippen LogP contribution in [-0.2, 0) is 11.2 Å². The van der Waals surface area contributed by atoms with Gasteiger partial charge in [-0.05, 0) is 37.5 Å². The number of phenols is 1. The van der Waals surface area contributed by atoms with E-state index in [4.69, 9.17) is 0 Å². The number of carbonyl (C=O) groups is 1. The lowest BCUT2D eigenvalue weighted by Gasteiger charge is -2.09. The maximum atomic E-state index is 12.1. The third-order valence-corrected chi connectivity index (χ3v) is 4.18. The van der Waals surface area contributed by atoms with Gasteiger partial charge >= 0.3 is 0 Å². The topological polar surface area (TPSA) is 49.3 Å². The number of carbonyl (C=O) groups excluding carboxylic acids is 1. The smallest absolute Gasteiger partial charge is 0.256 e. The predicted octanol–water partition coefficient (Wildman–Crippen LogP) is 4.76. The molecule has 0 saturated carbocycles. The standard InChI is InChI=1S/C20H21NO2/c1-4-5-13-6-8-14(9-7-13)15-10-16-17(11-18(15)22)21-20(23)19(16)12(2)3/h6-11,22H,4-5H2,1-3H3,(H,21,23). The number of nitrogens with one attached hydrogen (secondary N) is 1. The summed E-state index contributed by atoms with van der Waals surface area (Å²) in [5, 5.41) is 13.2. The minimum Gasteiger partial charge on any atom is -0.507 e. The molecule has 118 valence electrons. The summed E-state index contributed by atoms with van der Waals surface area (Å²) in [5.74, 6) is 0.0807. The molecule has 0 aromatic heterocycles. The second kappa shape index (κ2) is 5.92. The average Bonchev–Trinajstić information content (AvgIpc) is 2.82. The fraction of sp³-hybridized carbons (Fsp3) is 0.250. The van der Waals surface area contributed by atoms with Crippen LogP contribution in [0.5, 0.6) is 5.75 Å². The Bertz CT molecular complexity index is 797. The molecule has 1 aliphatic heterocycles. The van der Waals surface area contributed by atoms with Gasteiger partial charge in [-0.15, -0.1) is 0 Å². The van der Waals surface area contributed by atoms with Crippen molar-refractivity contribution in [2.45, 2.75) is 33.6 Å². The third-order valence-electron chi connectivity index (χ3n) is 4.18. The number of rotatable bonds is 3. The van der Waals surface area contributed by atoms with E-state index < -0.39 is 0 Å². The SMILES string of the molecule is CCCc1ccc(-c2cc3c(cc2O)NC(=O)C3=C(C)C)cc1. The van der Waals surface area contributed by atoms with Crippen molar-refractivity contribution >= 4 is 17.2 Å². The summed E-state index contributed by atoms with van der Waals surface area (Å²) in [4.78, 5) is 12.1. The number of hydrogen-bond acceptors (Lipinski definition) is 2. The van der Waals surface area contributed by atoms with Gasteiger partial charge in [0.05, 0.1) is 5.69 Å². The maximum Gasteiger partial charge on any atom is 0.256 e. The van der Waals surface area contributed by atoms with Crippen LogP contribution < -0.4 is 5.32 Å². The van der Waals surface area contributed by atoms with E-state index in [-0.39, 0.29) is 11.7 Å². The van der Waals surface area contributed by atoms with Crippen LogP contribution in [-0.4, -0.2) is 11.0 Å². The first-order chi connectivity index (χ1) is 11.0. The second-order valence-corrected chi connectivity index (χ2v) is 6.19. The van der Waals surface area contributed by atoms with E-state index in [0.717, 1.165) is 35.1 Å². The van der Waals surface area contributed by atoms with Crippen LogP contribution in [0.1, 0.15) is 38.3 Å². The van der Waals surface area contributed by atoms with Crippen LogP contribution in [0.25, 0.3) is 16.7 Å². The Morgan fingerprint density at radius 1 is 1.09 bits per heavy atom. The summed E-state index contributed by atoms with van der Waals surface area (Å²) >= 11 is 0. The number of fused-ring (bicyclic) bond motifs is 1. The second-order valence-electron chi connectivity index (χ2n) is 6.19. The molecule has 23 heavy (non-hydrogen) atoms. The minimum absolute atomic E-state index is 0.102. The van der Waals surface area contributed by atoms with E-state index in [1.807, 2.05) is 32.0 Å². The highest BCUT2D eigenvalue weighted by Crippen LogP contribution is 2.41. The lowest BCUT2D eigenvalue weighted by atomic mass is 9.96. The van der Waals surface area contributed by atoms with E-state index in [9.17, 15) is 9.90 Å². The molecule has 1 amide bonds. The monoisotopic (exact) mass is 307 g/mol. The zero-order valence-corrected chi connectivity index (χ0v) is 13.7. The molecule has 0 fully saturated rings. The average molecular weight is 307 g/mol. The molecule has 1 aliphatic rings. The molecule has 3 heteroatoms. The molecule has 3 nitrogen and oxygen atoms in total. The summed E-state index contributed by atoms with van der Waals surface area (Å²) in [6, 6.07) is 11.8. The van der Waals surface area contributed by atoms with Gasteiger partial charge in [-0.1, -0.05) is 43.2 Å². The van der Waals surface area contributed by atoms with E-state index in [1.165, 1.54) is 5.56 Å². The molecular formula is C20H21NO2. The van der Waals surface area contributed by atoms with Crippen molar-refractivity contribution in [2.75, 3.05) is 5.32 Å². The van der Waals surface area contributed by atoms with Gasteiger partial charge in [0.2, 0.25) is 0 Å². The van der Waals surface area contributed by atoms with E-state index in [0.29, 0.717) is 11.3 Å². The number of anilines is 1. The van der Waals surface area contributed by atoms with Crippen molar-refractivity contribution in [3.05, 3.63) is 53.1 Å². The number of aryl methyl sites for hydroxylation is 1. The highest BCUT2D eigenvalue weighted by molar-refractivity contribution is 6.32. The Morgan fingerprint density at radius 3 is 2.39 bits per heavy atom. The van der Waals surface area contributed by atoms with Crippen molar-refractivity contribution < 1.29 is 9.90 Å². The summed E-state index contributed by atoms with van der Waals surface area (Å²) in [7, 11) is 0. The molecule has 0 unspecified atom stereocenters. The molecule has 2 N–H and O–H groups in total. The van der Waals surface area contributed by atoms with Crippen LogP contribution in [0.15, 0.2) is 42.0 Å². The van der Waals surface area contributed by atoms with Crippen molar-refractivity contribution in [3.63, 3.8) is 0 Å². The molecule has 2 aromatic rings. The first-order valence-corrected chi connectivity index (χ1v) is 7.96. The van der Waals surface area contributed by atoms with Crippen LogP contribution in [0, 0.1) is 0 Å². The van der Waals surface area contributed by atoms with Gasteiger partial charge in [-0.3, -0.25) is 4.79 Å². The number of amides is 1. The summed E-state index contributed by atoms with van der Waals surface area (Å²) in [5.41, 5.74) is 6.20. The largest absolute Gasteiger partial charge is 0.507 e. The summed E-state index contributed by atoms with van der Waals surface area (Å²) < 4.78 is 0. The normalized spacial score (nSPS) is 13.0. The Labute approximate surface area is 136 Å². The van der Waals surface area contributed by atoms with Crippen molar-refractivity contribution in [3.8, 4) is 16.9 Å². The molecule has 0 saturated heterocycles. The van der Waals surface area contributed by atoms with Gasteiger partial charge in [0.15, 0.2) is 0 Å². The quantitative estimate of drug-likeness (QED) is 0.803. The van der Waals surface area contributed by atoms with Crippen LogP contribution >= 0.6 is 0 Å². The van der Waals surface area contributed by atoms with E-state index >= 15 is 0 Å². The molecule has 0 aliphatic carbocycles. The van der Waals surface area contributed by atoms with Crippen molar-refractivity contribution in [1.82, 2.24) is 0 Å². The first-order valence-electron chi connectivity index (χ1n) is 7.96. The minimum atomic E-state index is -0.102. The predicted molar refractivity (Wildman–Crippen MR) is 94.4 cm³/mol. The zero-order valence-electron chi connectivity index (χ0n) is 13.7. The van der Waals surface area contributed by atoms with Gasteiger partial charge < -0.3 is 10.4 Å². The highest BCUT2D eigenvalue weighted by Gasteiger charge is 2.26. The van der Waals surface area contributed by atoms with Gasteiger partial charge in [-0.2, -0.15) is 0 Å². The van der Waals surface area contributed by atoms with E-state index in [2.05, 4.69) is 24.4 Å². The molecule has 2 aromatic carbocycles. The fourth-order valence-corrected chi connectivity index (χ4v) is 3.07. The van der Waals surface area contributed by atoms with E-state index in [1.54, 1.807) is 6.07 Å². The molecule has 0 spiro atoms. The fourth-order valence-electron chi connectivity index (χ4n) is 3.07.